The smallest absolute Gasteiger partial charge is 0.322 e. The third-order valence-corrected chi connectivity index (χ3v) is 3.74. The lowest BCUT2D eigenvalue weighted by atomic mass is 10.2. The molecule has 0 radical (unpaired) electrons. The maximum atomic E-state index is 11.8. The predicted molar refractivity (Wildman–Crippen MR) is 73.3 cm³/mol. The van der Waals surface area contributed by atoms with Gasteiger partial charge in [-0.3, -0.25) is 14.9 Å². The fourth-order valence-corrected chi connectivity index (χ4v) is 2.77. The van der Waals surface area contributed by atoms with Crippen molar-refractivity contribution >= 4 is 44.5 Å². The molecule has 0 spiro atoms. The number of hydrogen-bond donors (Lipinski definition) is 3. The minimum Gasteiger partial charge on any atom is -0.325 e. The van der Waals surface area contributed by atoms with E-state index in [9.17, 15) is 14.4 Å². The van der Waals surface area contributed by atoms with Crippen molar-refractivity contribution in [3.63, 3.8) is 0 Å². The van der Waals surface area contributed by atoms with Crippen molar-refractivity contribution in [3.05, 3.63) is 24.3 Å². The minimum absolute atomic E-state index is 0.118. The number of rotatable bonds is 3. The Morgan fingerprint density at radius 3 is 2.85 bits per heavy atom. The summed E-state index contributed by atoms with van der Waals surface area (Å²) in [6, 6.07) is 6.13. The number of nitrogens with one attached hydrogen (secondary N) is 3. The molecule has 1 aromatic carbocycles. The molecular formula is C12H10N4O3S. The Labute approximate surface area is 117 Å². The molecule has 3 rings (SSSR count). The number of urea groups is 1. The number of carbonyl (C=O) groups excluding carboxylic acids is 3. The summed E-state index contributed by atoms with van der Waals surface area (Å²) >= 11 is 1.35. The largest absolute Gasteiger partial charge is 0.325 e. The molecule has 0 aliphatic carbocycles. The van der Waals surface area contributed by atoms with E-state index in [0.717, 1.165) is 10.2 Å². The Hall–Kier alpha value is -2.48. The molecule has 1 aliphatic rings. The number of amides is 4. The van der Waals surface area contributed by atoms with Crippen molar-refractivity contribution in [3.8, 4) is 0 Å². The summed E-state index contributed by atoms with van der Waals surface area (Å²) in [5, 5.41) is 7.55. The van der Waals surface area contributed by atoms with E-state index in [1.165, 1.54) is 11.3 Å². The second kappa shape index (κ2) is 4.89. The second-order valence-corrected chi connectivity index (χ2v) is 5.28. The molecule has 4 amide bonds. The van der Waals surface area contributed by atoms with Gasteiger partial charge in [-0.05, 0) is 12.1 Å². The summed E-state index contributed by atoms with van der Waals surface area (Å²) in [6.07, 6.45) is -0.118. The average Bonchev–Trinajstić information content (AvgIpc) is 2.92. The topological polar surface area (TPSA) is 100 Å². The van der Waals surface area contributed by atoms with Gasteiger partial charge in [0, 0.05) is 0 Å². The summed E-state index contributed by atoms with van der Waals surface area (Å²) in [7, 11) is 0. The second-order valence-electron chi connectivity index (χ2n) is 4.25. The van der Waals surface area contributed by atoms with Crippen LogP contribution in [-0.2, 0) is 9.59 Å². The molecule has 0 saturated carbocycles. The first-order valence-corrected chi connectivity index (χ1v) is 6.70. The van der Waals surface area contributed by atoms with Crippen LogP contribution in [0.5, 0.6) is 0 Å². The summed E-state index contributed by atoms with van der Waals surface area (Å²) in [5.74, 6) is -0.860. The first kappa shape index (κ1) is 12.5. The van der Waals surface area contributed by atoms with Crippen LogP contribution in [0.25, 0.3) is 10.2 Å². The van der Waals surface area contributed by atoms with Crippen LogP contribution >= 0.6 is 11.3 Å². The maximum Gasteiger partial charge on any atom is 0.322 e. The van der Waals surface area contributed by atoms with Crippen molar-refractivity contribution in [2.45, 2.75) is 12.5 Å². The summed E-state index contributed by atoms with van der Waals surface area (Å²) < 4.78 is 0.967. The van der Waals surface area contributed by atoms with Crippen molar-refractivity contribution in [1.82, 2.24) is 15.6 Å². The van der Waals surface area contributed by atoms with Crippen molar-refractivity contribution in [1.29, 1.82) is 0 Å². The molecule has 1 fully saturated rings. The first-order valence-electron chi connectivity index (χ1n) is 5.88. The van der Waals surface area contributed by atoms with Crippen LogP contribution in [0.3, 0.4) is 0 Å². The van der Waals surface area contributed by atoms with Gasteiger partial charge in [-0.2, -0.15) is 0 Å². The highest BCUT2D eigenvalue weighted by atomic mass is 32.1. The fraction of sp³-hybridized carbons (Fsp3) is 0.167. The first-order chi connectivity index (χ1) is 9.61. The number of anilines is 1. The van der Waals surface area contributed by atoms with Gasteiger partial charge in [0.2, 0.25) is 5.91 Å². The van der Waals surface area contributed by atoms with Gasteiger partial charge in [-0.25, -0.2) is 9.78 Å². The minimum atomic E-state index is -0.822. The van der Waals surface area contributed by atoms with Crippen molar-refractivity contribution in [2.24, 2.45) is 0 Å². The zero-order valence-corrected chi connectivity index (χ0v) is 11.0. The van der Waals surface area contributed by atoms with E-state index in [1.807, 2.05) is 24.3 Å². The van der Waals surface area contributed by atoms with Crippen LogP contribution in [-0.4, -0.2) is 28.9 Å². The van der Waals surface area contributed by atoms with Gasteiger partial charge in [0.15, 0.2) is 5.13 Å². The Balaban J connectivity index is 1.66. The van der Waals surface area contributed by atoms with Gasteiger partial charge in [0.25, 0.3) is 5.91 Å². The summed E-state index contributed by atoms with van der Waals surface area (Å²) in [6.45, 7) is 0. The van der Waals surface area contributed by atoms with E-state index in [0.29, 0.717) is 5.13 Å². The molecule has 1 atom stereocenters. The Morgan fingerprint density at radius 2 is 2.15 bits per heavy atom. The molecule has 0 unspecified atom stereocenters. The summed E-state index contributed by atoms with van der Waals surface area (Å²) in [5.41, 5.74) is 0.805. The van der Waals surface area contributed by atoms with Crippen LogP contribution < -0.4 is 16.0 Å². The molecule has 1 saturated heterocycles. The van der Waals surface area contributed by atoms with Gasteiger partial charge in [-0.15, -0.1) is 0 Å². The number of aromatic nitrogens is 1. The monoisotopic (exact) mass is 290 g/mol. The predicted octanol–water partition coefficient (Wildman–Crippen LogP) is 0.833. The zero-order valence-electron chi connectivity index (χ0n) is 10.2. The lowest BCUT2D eigenvalue weighted by molar-refractivity contribution is -0.124. The van der Waals surface area contributed by atoms with Crippen LogP contribution in [0.4, 0.5) is 9.93 Å². The Bertz CT molecular complexity index is 679. The van der Waals surface area contributed by atoms with E-state index < -0.39 is 18.0 Å². The number of benzene rings is 1. The van der Waals surface area contributed by atoms with Crippen LogP contribution in [0.2, 0.25) is 0 Å². The van der Waals surface area contributed by atoms with E-state index in [1.54, 1.807) is 0 Å². The number of nitrogens with zero attached hydrogens (tertiary/aromatic N) is 1. The number of carbonyl (C=O) groups is 3. The highest BCUT2D eigenvalue weighted by molar-refractivity contribution is 7.22. The number of imide groups is 1. The zero-order chi connectivity index (χ0) is 14.1. The molecule has 102 valence electrons. The van der Waals surface area contributed by atoms with E-state index >= 15 is 0 Å². The highest BCUT2D eigenvalue weighted by Crippen LogP contribution is 2.25. The van der Waals surface area contributed by atoms with E-state index in [4.69, 9.17) is 0 Å². The van der Waals surface area contributed by atoms with Gasteiger partial charge in [0.05, 0.1) is 16.6 Å². The molecule has 2 heterocycles. The van der Waals surface area contributed by atoms with Crippen molar-refractivity contribution in [2.75, 3.05) is 5.32 Å². The summed E-state index contributed by atoms with van der Waals surface area (Å²) in [4.78, 5) is 38.3. The lowest BCUT2D eigenvalue weighted by Gasteiger charge is -2.05. The quantitative estimate of drug-likeness (QED) is 0.729. The molecular weight excluding hydrogens is 280 g/mol. The SMILES string of the molecule is O=C(C[C@@H]1NC(=O)NC1=O)Nc1nc2ccccc2s1. The number of thiazole rings is 1. The molecule has 20 heavy (non-hydrogen) atoms. The molecule has 1 aromatic heterocycles. The third kappa shape index (κ3) is 2.45. The molecule has 8 heteroatoms. The number of para-hydroxylation sites is 1. The lowest BCUT2D eigenvalue weighted by Crippen LogP contribution is -2.33. The Morgan fingerprint density at radius 1 is 1.35 bits per heavy atom. The average molecular weight is 290 g/mol. The van der Waals surface area contributed by atoms with E-state index in [2.05, 4.69) is 20.9 Å². The van der Waals surface area contributed by atoms with Gasteiger partial charge in [-0.1, -0.05) is 23.5 Å². The normalized spacial score (nSPS) is 17.9. The third-order valence-electron chi connectivity index (χ3n) is 2.79. The molecule has 3 N–H and O–H groups in total. The molecule has 0 bridgehead atoms. The van der Waals surface area contributed by atoms with Gasteiger partial charge in [0.1, 0.15) is 6.04 Å². The van der Waals surface area contributed by atoms with E-state index in [-0.39, 0.29) is 12.3 Å². The fourth-order valence-electron chi connectivity index (χ4n) is 1.88. The number of hydrogen-bond acceptors (Lipinski definition) is 5. The van der Waals surface area contributed by atoms with Gasteiger partial charge < -0.3 is 10.6 Å². The highest BCUT2D eigenvalue weighted by Gasteiger charge is 2.31. The van der Waals surface area contributed by atoms with Crippen LogP contribution in [0, 0.1) is 0 Å². The molecule has 2 aromatic rings. The standard InChI is InChI=1S/C12H10N4O3S/c17-9(5-7-10(18)16-11(19)13-7)15-12-14-6-3-1-2-4-8(6)20-12/h1-4,7H,5H2,(H,14,15,17)(H2,13,16,18,19)/t7-/m0/s1. The van der Waals surface area contributed by atoms with Gasteiger partial charge >= 0.3 is 6.03 Å². The molecule has 1 aliphatic heterocycles. The number of fused-ring (bicyclic) bond motifs is 1. The van der Waals surface area contributed by atoms with Crippen molar-refractivity contribution < 1.29 is 14.4 Å². The maximum absolute atomic E-state index is 11.8. The van der Waals surface area contributed by atoms with Crippen LogP contribution in [0.15, 0.2) is 24.3 Å². The Kier molecular flexibility index (Phi) is 3.07. The molecule has 7 nitrogen and oxygen atoms in total. The van der Waals surface area contributed by atoms with Crippen LogP contribution in [0.1, 0.15) is 6.42 Å².